The average Bonchev–Trinajstić information content (AvgIpc) is 3.00. The van der Waals surface area contributed by atoms with Crippen LogP contribution in [0.2, 0.25) is 0 Å². The van der Waals surface area contributed by atoms with Crippen LogP contribution < -0.4 is 5.32 Å². The molecular weight excluding hydrogens is 301 g/mol. The lowest BCUT2D eigenvalue weighted by Crippen LogP contribution is -2.38. The summed E-state index contributed by atoms with van der Waals surface area (Å²) in [6.07, 6.45) is 7.12. The van der Waals surface area contributed by atoms with Gasteiger partial charge in [0, 0.05) is 12.5 Å². The second kappa shape index (κ2) is 6.10. The van der Waals surface area contributed by atoms with Gasteiger partial charge in [-0.25, -0.2) is 0 Å². The van der Waals surface area contributed by atoms with Crippen molar-refractivity contribution in [2.45, 2.75) is 62.2 Å². The Hall–Kier alpha value is -0.480. The molecule has 0 saturated heterocycles. The lowest BCUT2D eigenvalue weighted by molar-refractivity contribution is -0.153. The quantitative estimate of drug-likeness (QED) is 0.492. The van der Waals surface area contributed by atoms with Crippen molar-refractivity contribution in [2.75, 3.05) is 6.61 Å². The SMILES string of the molecule is CC1(C(=O)OCC(=O)NC2CCCCCC2)CC1(Cl)Cl. The van der Waals surface area contributed by atoms with Crippen molar-refractivity contribution in [3.8, 4) is 0 Å². The molecule has 20 heavy (non-hydrogen) atoms. The number of ether oxygens (including phenoxy) is 1. The van der Waals surface area contributed by atoms with E-state index in [1.807, 2.05) is 0 Å². The van der Waals surface area contributed by atoms with Crippen LogP contribution in [0.5, 0.6) is 0 Å². The first-order valence-electron chi connectivity index (χ1n) is 7.19. The first-order chi connectivity index (χ1) is 9.35. The van der Waals surface area contributed by atoms with Crippen molar-refractivity contribution in [2.24, 2.45) is 5.41 Å². The Kier molecular flexibility index (Phi) is 4.85. The number of carbonyl (C=O) groups excluding carboxylic acids is 2. The molecule has 1 atom stereocenters. The molecule has 0 aromatic heterocycles. The van der Waals surface area contributed by atoms with E-state index in [1.54, 1.807) is 6.92 Å². The number of amides is 1. The fraction of sp³-hybridized carbons (Fsp3) is 0.857. The van der Waals surface area contributed by atoms with E-state index in [0.29, 0.717) is 6.42 Å². The molecule has 0 spiro atoms. The minimum Gasteiger partial charge on any atom is -0.455 e. The number of nitrogens with one attached hydrogen (secondary N) is 1. The smallest absolute Gasteiger partial charge is 0.315 e. The monoisotopic (exact) mass is 321 g/mol. The highest BCUT2D eigenvalue weighted by atomic mass is 35.5. The van der Waals surface area contributed by atoms with Crippen LogP contribution in [0.15, 0.2) is 0 Å². The molecule has 2 saturated carbocycles. The maximum absolute atomic E-state index is 11.8. The van der Waals surface area contributed by atoms with Crippen LogP contribution in [-0.4, -0.2) is 28.9 Å². The first kappa shape index (κ1) is 15.9. The van der Waals surface area contributed by atoms with Crippen molar-refractivity contribution in [3.05, 3.63) is 0 Å². The van der Waals surface area contributed by atoms with Gasteiger partial charge in [0.05, 0.1) is 0 Å². The predicted octanol–water partition coefficient (Wildman–Crippen LogP) is 2.95. The third-order valence-corrected chi connectivity index (χ3v) is 5.36. The Balaban J connectivity index is 1.71. The summed E-state index contributed by atoms with van der Waals surface area (Å²) in [7, 11) is 0. The normalized spacial score (nSPS) is 29.4. The maximum atomic E-state index is 11.8. The molecule has 2 rings (SSSR count). The summed E-state index contributed by atoms with van der Waals surface area (Å²) in [5, 5.41) is 2.92. The van der Waals surface area contributed by atoms with Gasteiger partial charge in [-0.1, -0.05) is 25.7 Å². The Morgan fingerprint density at radius 3 is 2.25 bits per heavy atom. The predicted molar refractivity (Wildman–Crippen MR) is 77.8 cm³/mol. The highest BCUT2D eigenvalue weighted by molar-refractivity contribution is 6.53. The van der Waals surface area contributed by atoms with Gasteiger partial charge in [-0.15, -0.1) is 23.2 Å². The molecule has 1 amide bonds. The molecule has 0 aromatic carbocycles. The molecule has 2 aliphatic carbocycles. The average molecular weight is 322 g/mol. The Morgan fingerprint density at radius 1 is 1.20 bits per heavy atom. The van der Waals surface area contributed by atoms with E-state index in [4.69, 9.17) is 27.9 Å². The number of hydrogen-bond acceptors (Lipinski definition) is 3. The molecule has 0 aliphatic heterocycles. The van der Waals surface area contributed by atoms with Crippen molar-refractivity contribution in [1.82, 2.24) is 5.32 Å². The Morgan fingerprint density at radius 2 is 1.75 bits per heavy atom. The zero-order valence-electron chi connectivity index (χ0n) is 11.7. The van der Waals surface area contributed by atoms with Gasteiger partial charge in [0.15, 0.2) is 6.61 Å². The molecular formula is C14H21Cl2NO3. The minimum atomic E-state index is -1.05. The summed E-state index contributed by atoms with van der Waals surface area (Å²) in [5.74, 6) is -0.747. The summed E-state index contributed by atoms with van der Waals surface area (Å²) in [5.41, 5.74) is -0.876. The number of halogens is 2. The standard InChI is InChI=1S/C14H21Cl2NO3/c1-13(9-14(13,15)16)12(19)20-8-11(18)17-10-6-4-2-3-5-7-10/h10H,2-9H2,1H3,(H,17,18). The van der Waals surface area contributed by atoms with E-state index in [1.165, 1.54) is 12.8 Å². The van der Waals surface area contributed by atoms with Crippen LogP contribution in [0.4, 0.5) is 0 Å². The van der Waals surface area contributed by atoms with Crippen LogP contribution in [0.1, 0.15) is 51.9 Å². The number of carbonyl (C=O) groups is 2. The van der Waals surface area contributed by atoms with E-state index in [2.05, 4.69) is 5.32 Å². The molecule has 0 heterocycles. The van der Waals surface area contributed by atoms with Crippen molar-refractivity contribution >= 4 is 35.1 Å². The van der Waals surface area contributed by atoms with Crippen molar-refractivity contribution in [1.29, 1.82) is 0 Å². The molecule has 4 nitrogen and oxygen atoms in total. The zero-order chi connectivity index (χ0) is 14.8. The molecule has 0 radical (unpaired) electrons. The largest absolute Gasteiger partial charge is 0.455 e. The van der Waals surface area contributed by atoms with E-state index in [-0.39, 0.29) is 18.6 Å². The Labute approximate surface area is 129 Å². The number of hydrogen-bond donors (Lipinski definition) is 1. The molecule has 0 aromatic rings. The van der Waals surface area contributed by atoms with Crippen LogP contribution in [-0.2, 0) is 14.3 Å². The van der Waals surface area contributed by atoms with Crippen LogP contribution in [0, 0.1) is 5.41 Å². The van der Waals surface area contributed by atoms with Crippen molar-refractivity contribution in [3.63, 3.8) is 0 Å². The van der Waals surface area contributed by atoms with Gasteiger partial charge >= 0.3 is 5.97 Å². The maximum Gasteiger partial charge on any atom is 0.315 e. The number of alkyl halides is 2. The zero-order valence-corrected chi connectivity index (χ0v) is 13.2. The molecule has 0 bridgehead atoms. The molecule has 2 fully saturated rings. The molecule has 1 unspecified atom stereocenters. The lowest BCUT2D eigenvalue weighted by Gasteiger charge is -2.17. The molecule has 6 heteroatoms. The molecule has 1 N–H and O–H groups in total. The molecule has 2 aliphatic rings. The van der Waals surface area contributed by atoms with Crippen molar-refractivity contribution < 1.29 is 14.3 Å². The fourth-order valence-electron chi connectivity index (χ4n) is 2.60. The lowest BCUT2D eigenvalue weighted by atomic mass is 10.1. The van der Waals surface area contributed by atoms with Crippen LogP contribution >= 0.6 is 23.2 Å². The van der Waals surface area contributed by atoms with E-state index >= 15 is 0 Å². The van der Waals surface area contributed by atoms with Gasteiger partial charge in [-0.3, -0.25) is 9.59 Å². The van der Waals surface area contributed by atoms with Gasteiger partial charge in [-0.2, -0.15) is 0 Å². The van der Waals surface area contributed by atoms with E-state index in [9.17, 15) is 9.59 Å². The number of esters is 1. The fourth-order valence-corrected chi connectivity index (χ4v) is 3.29. The third kappa shape index (κ3) is 3.59. The van der Waals surface area contributed by atoms with Gasteiger partial charge in [0.1, 0.15) is 9.75 Å². The topological polar surface area (TPSA) is 55.4 Å². The van der Waals surface area contributed by atoms with Crippen LogP contribution in [0.25, 0.3) is 0 Å². The summed E-state index contributed by atoms with van der Waals surface area (Å²) in [4.78, 5) is 23.6. The second-order valence-corrected chi connectivity index (χ2v) is 7.53. The highest BCUT2D eigenvalue weighted by Gasteiger charge is 2.69. The van der Waals surface area contributed by atoms with Gasteiger partial charge in [0.2, 0.25) is 0 Å². The first-order valence-corrected chi connectivity index (χ1v) is 7.95. The molecule has 114 valence electrons. The second-order valence-electron chi connectivity index (χ2n) is 6.05. The number of rotatable bonds is 4. The van der Waals surface area contributed by atoms with E-state index in [0.717, 1.165) is 25.7 Å². The summed E-state index contributed by atoms with van der Waals surface area (Å²) >= 11 is 11.8. The highest BCUT2D eigenvalue weighted by Crippen LogP contribution is 2.64. The third-order valence-electron chi connectivity index (χ3n) is 4.26. The summed E-state index contributed by atoms with van der Waals surface area (Å²) in [6.45, 7) is 1.40. The summed E-state index contributed by atoms with van der Waals surface area (Å²) in [6, 6.07) is 0.209. The Bertz CT molecular complexity index is 392. The van der Waals surface area contributed by atoms with Gasteiger partial charge < -0.3 is 10.1 Å². The van der Waals surface area contributed by atoms with E-state index < -0.39 is 15.7 Å². The minimum absolute atomic E-state index is 0.209. The summed E-state index contributed by atoms with van der Waals surface area (Å²) < 4.78 is 3.97. The van der Waals surface area contributed by atoms with Gasteiger partial charge in [0.25, 0.3) is 5.91 Å². The van der Waals surface area contributed by atoms with Crippen LogP contribution in [0.3, 0.4) is 0 Å². The van der Waals surface area contributed by atoms with Gasteiger partial charge in [-0.05, 0) is 19.8 Å².